The van der Waals surface area contributed by atoms with Crippen molar-refractivity contribution in [2.45, 2.75) is 30.7 Å². The second-order valence-electron chi connectivity index (χ2n) is 8.27. The molecule has 7 nitrogen and oxygen atoms in total. The lowest BCUT2D eigenvalue weighted by atomic mass is 10.0. The highest BCUT2D eigenvalue weighted by molar-refractivity contribution is 7.97. The Kier molecular flexibility index (Phi) is 8.94. The molecule has 3 aromatic carbocycles. The van der Waals surface area contributed by atoms with Gasteiger partial charge in [-0.3, -0.25) is 10.2 Å². The fourth-order valence-corrected chi connectivity index (χ4v) is 5.49. The molecule has 0 aliphatic rings. The maximum absolute atomic E-state index is 11.0. The van der Waals surface area contributed by atoms with Gasteiger partial charge in [0.1, 0.15) is 16.6 Å². The number of hydrogen-bond acceptors (Lipinski definition) is 7. The van der Waals surface area contributed by atoms with E-state index in [0.29, 0.717) is 25.1 Å². The first kappa shape index (κ1) is 25.7. The summed E-state index contributed by atoms with van der Waals surface area (Å²) >= 11 is 3.22. The van der Waals surface area contributed by atoms with Gasteiger partial charge in [-0.05, 0) is 66.8 Å². The number of amides is 1. The van der Waals surface area contributed by atoms with Crippen molar-refractivity contribution in [3.63, 3.8) is 0 Å². The third-order valence-electron chi connectivity index (χ3n) is 5.38. The fraction of sp³-hybridized carbons (Fsp3) is 0.222. The predicted octanol–water partition coefficient (Wildman–Crippen LogP) is 5.07. The van der Waals surface area contributed by atoms with E-state index in [4.69, 9.17) is 20.9 Å². The zero-order valence-corrected chi connectivity index (χ0v) is 21.6. The number of aromatic nitrogens is 1. The predicted molar refractivity (Wildman–Crippen MR) is 148 cm³/mol. The molecule has 0 fully saturated rings. The number of fused-ring (bicyclic) bond motifs is 1. The molecule has 1 aromatic heterocycles. The summed E-state index contributed by atoms with van der Waals surface area (Å²) in [6, 6.07) is 23.9. The molecule has 9 heteroatoms. The number of nitrogens with zero attached hydrogens (tertiary/aromatic N) is 1. The second-order valence-corrected chi connectivity index (χ2v) is 10.2. The smallest absolute Gasteiger partial charge is 0.216 e. The van der Waals surface area contributed by atoms with E-state index >= 15 is 0 Å². The van der Waals surface area contributed by atoms with Gasteiger partial charge in [-0.2, -0.15) is 0 Å². The molecule has 0 radical (unpaired) electrons. The van der Waals surface area contributed by atoms with Crippen molar-refractivity contribution in [1.29, 1.82) is 5.41 Å². The SMILES string of the molecule is CC(=O)NCCCOc1ccc2nc(C(Cc3cccc(C(=N)N)c3)NSc3ccccc3)sc2c1. The molecule has 4 rings (SSSR count). The summed E-state index contributed by atoms with van der Waals surface area (Å²) in [4.78, 5) is 17.0. The number of nitrogens with one attached hydrogen (secondary N) is 3. The van der Waals surface area contributed by atoms with E-state index in [9.17, 15) is 4.79 Å². The zero-order chi connectivity index (χ0) is 25.3. The molecule has 0 bridgehead atoms. The lowest BCUT2D eigenvalue weighted by Crippen LogP contribution is -2.22. The maximum atomic E-state index is 11.0. The topological polar surface area (TPSA) is 113 Å². The van der Waals surface area contributed by atoms with Crippen LogP contribution in [0.2, 0.25) is 0 Å². The number of ether oxygens (including phenoxy) is 1. The average molecular weight is 520 g/mol. The molecule has 0 aliphatic heterocycles. The van der Waals surface area contributed by atoms with Crippen molar-refractivity contribution >= 4 is 45.2 Å². The lowest BCUT2D eigenvalue weighted by molar-refractivity contribution is -0.118. The van der Waals surface area contributed by atoms with E-state index in [1.807, 2.05) is 54.6 Å². The Bertz CT molecular complexity index is 1330. The van der Waals surface area contributed by atoms with Gasteiger partial charge in [0.2, 0.25) is 5.91 Å². The van der Waals surface area contributed by atoms with Crippen molar-refractivity contribution in [1.82, 2.24) is 15.0 Å². The number of amidine groups is 1. The van der Waals surface area contributed by atoms with E-state index in [1.165, 1.54) is 6.92 Å². The van der Waals surface area contributed by atoms with E-state index in [2.05, 4.69) is 28.2 Å². The van der Waals surface area contributed by atoms with Gasteiger partial charge in [-0.1, -0.05) is 36.4 Å². The van der Waals surface area contributed by atoms with Crippen molar-refractivity contribution in [2.24, 2.45) is 5.73 Å². The Hall–Kier alpha value is -3.40. The Balaban J connectivity index is 1.51. The van der Waals surface area contributed by atoms with Gasteiger partial charge >= 0.3 is 0 Å². The molecular weight excluding hydrogens is 490 g/mol. The minimum Gasteiger partial charge on any atom is -0.493 e. The molecule has 1 heterocycles. The van der Waals surface area contributed by atoms with Crippen molar-refractivity contribution in [3.05, 3.63) is 88.9 Å². The quantitative estimate of drug-likeness (QED) is 0.0900. The fourth-order valence-electron chi connectivity index (χ4n) is 3.60. The summed E-state index contributed by atoms with van der Waals surface area (Å²) < 4.78 is 10.5. The van der Waals surface area contributed by atoms with Crippen LogP contribution in [0.4, 0.5) is 0 Å². The van der Waals surface area contributed by atoms with Gasteiger partial charge in [0.25, 0.3) is 0 Å². The highest BCUT2D eigenvalue weighted by atomic mass is 32.2. The van der Waals surface area contributed by atoms with Gasteiger partial charge < -0.3 is 15.8 Å². The maximum Gasteiger partial charge on any atom is 0.216 e. The molecule has 5 N–H and O–H groups in total. The van der Waals surface area contributed by atoms with E-state index in [1.54, 1.807) is 23.3 Å². The standard InChI is InChI=1S/C27H29N5O2S2/c1-18(33)30-13-6-14-34-21-11-12-23-25(17-21)35-27(31-23)24(32-36-22-9-3-2-4-10-22)16-19-7-5-8-20(15-19)26(28)29/h2-5,7-12,15,17,24,32H,6,13-14,16H2,1H3,(H3,28,29)(H,30,33). The van der Waals surface area contributed by atoms with E-state index in [0.717, 1.165) is 37.9 Å². The van der Waals surface area contributed by atoms with Crippen LogP contribution in [-0.4, -0.2) is 29.9 Å². The summed E-state index contributed by atoms with van der Waals surface area (Å²) in [6.07, 6.45) is 1.45. The van der Waals surface area contributed by atoms with Crippen molar-refractivity contribution in [3.8, 4) is 5.75 Å². The van der Waals surface area contributed by atoms with E-state index < -0.39 is 0 Å². The first-order valence-electron chi connectivity index (χ1n) is 11.7. The third-order valence-corrected chi connectivity index (χ3v) is 7.42. The number of nitrogens with two attached hydrogens (primary N) is 1. The van der Waals surface area contributed by atoms with Gasteiger partial charge in [0.05, 0.1) is 22.9 Å². The normalized spacial score (nSPS) is 11.8. The van der Waals surface area contributed by atoms with Crippen molar-refractivity contribution < 1.29 is 9.53 Å². The number of carbonyl (C=O) groups excluding carboxylic acids is 1. The van der Waals surface area contributed by atoms with E-state index in [-0.39, 0.29) is 17.8 Å². The molecule has 0 spiro atoms. The largest absolute Gasteiger partial charge is 0.493 e. The highest BCUT2D eigenvalue weighted by Gasteiger charge is 2.18. The summed E-state index contributed by atoms with van der Waals surface area (Å²) in [5.41, 5.74) is 8.43. The van der Waals surface area contributed by atoms with Crippen LogP contribution in [0.1, 0.15) is 35.5 Å². The first-order chi connectivity index (χ1) is 17.5. The molecule has 186 valence electrons. The third kappa shape index (κ3) is 7.30. The molecule has 1 unspecified atom stereocenters. The van der Waals surface area contributed by atoms with Crippen LogP contribution in [-0.2, 0) is 11.2 Å². The first-order valence-corrected chi connectivity index (χ1v) is 13.3. The average Bonchev–Trinajstić information content (AvgIpc) is 3.30. The van der Waals surface area contributed by atoms with Crippen LogP contribution in [0.15, 0.2) is 77.7 Å². The molecule has 0 saturated carbocycles. The number of carbonyl (C=O) groups is 1. The molecule has 1 atom stereocenters. The van der Waals surface area contributed by atoms with Crippen LogP contribution < -0.4 is 20.5 Å². The Morgan fingerprint density at radius 3 is 2.75 bits per heavy atom. The number of hydrogen-bond donors (Lipinski definition) is 4. The van der Waals surface area contributed by atoms with Crippen LogP contribution in [0.25, 0.3) is 10.2 Å². The van der Waals surface area contributed by atoms with Gasteiger partial charge in [0, 0.05) is 23.9 Å². The van der Waals surface area contributed by atoms with Crippen LogP contribution in [0.5, 0.6) is 5.75 Å². The minimum absolute atomic E-state index is 0.0322. The summed E-state index contributed by atoms with van der Waals surface area (Å²) in [5, 5.41) is 11.5. The molecule has 4 aromatic rings. The van der Waals surface area contributed by atoms with Crippen LogP contribution in [0, 0.1) is 5.41 Å². The summed E-state index contributed by atoms with van der Waals surface area (Å²) in [6.45, 7) is 2.64. The molecular formula is C27H29N5O2S2. The molecule has 0 aliphatic carbocycles. The molecule has 1 amide bonds. The summed E-state index contributed by atoms with van der Waals surface area (Å²) in [5.74, 6) is 0.817. The van der Waals surface area contributed by atoms with Crippen LogP contribution in [0.3, 0.4) is 0 Å². The monoisotopic (exact) mass is 519 g/mol. The highest BCUT2D eigenvalue weighted by Crippen LogP contribution is 2.33. The minimum atomic E-state index is -0.0446. The molecule has 36 heavy (non-hydrogen) atoms. The number of rotatable bonds is 12. The Morgan fingerprint density at radius 1 is 1.14 bits per heavy atom. The second kappa shape index (κ2) is 12.5. The number of nitrogen functional groups attached to an aromatic ring is 1. The van der Waals surface area contributed by atoms with Crippen LogP contribution >= 0.6 is 23.3 Å². The molecule has 0 saturated heterocycles. The van der Waals surface area contributed by atoms with Gasteiger partial charge in [-0.25, -0.2) is 9.71 Å². The zero-order valence-electron chi connectivity index (χ0n) is 20.0. The Labute approximate surface area is 219 Å². The number of benzene rings is 3. The number of thiazole rings is 1. The summed E-state index contributed by atoms with van der Waals surface area (Å²) in [7, 11) is 0. The van der Waals surface area contributed by atoms with Gasteiger partial charge in [0.15, 0.2) is 0 Å². The van der Waals surface area contributed by atoms with Crippen molar-refractivity contribution in [2.75, 3.05) is 13.2 Å². The van der Waals surface area contributed by atoms with Gasteiger partial charge in [-0.15, -0.1) is 11.3 Å². The Morgan fingerprint density at radius 2 is 1.97 bits per heavy atom. The lowest BCUT2D eigenvalue weighted by Gasteiger charge is -2.16.